The predicted octanol–water partition coefficient (Wildman–Crippen LogP) is 3.77. The van der Waals surface area contributed by atoms with E-state index >= 15 is 0 Å². The quantitative estimate of drug-likeness (QED) is 0.572. The fourth-order valence-corrected chi connectivity index (χ4v) is 6.79. The SMILES string of the molecule is CC1(C)[C@H](C(=O)NC(C(=O)C2CC2)C2CC2)[C@H]1c1ccc(S(=O)(=O)N(C(=O)O)C(C)(C)C)cc1. The summed E-state index contributed by atoms with van der Waals surface area (Å²) in [6.07, 6.45) is 2.23. The van der Waals surface area contributed by atoms with Crippen molar-refractivity contribution in [3.05, 3.63) is 29.8 Å². The van der Waals surface area contributed by atoms with Gasteiger partial charge in [0.25, 0.3) is 10.0 Å². The molecule has 1 aromatic carbocycles. The zero-order chi connectivity index (χ0) is 25.2. The minimum atomic E-state index is -4.25. The van der Waals surface area contributed by atoms with Gasteiger partial charge in [0.15, 0.2) is 5.78 Å². The number of hydrogen-bond acceptors (Lipinski definition) is 5. The maximum Gasteiger partial charge on any atom is 0.421 e. The van der Waals surface area contributed by atoms with Crippen LogP contribution in [0.25, 0.3) is 0 Å². The smallest absolute Gasteiger partial charge is 0.421 e. The van der Waals surface area contributed by atoms with E-state index in [4.69, 9.17) is 0 Å². The van der Waals surface area contributed by atoms with Crippen LogP contribution in [0, 0.1) is 23.2 Å². The molecule has 3 aliphatic carbocycles. The Morgan fingerprint density at radius 1 is 1.06 bits per heavy atom. The van der Waals surface area contributed by atoms with Crippen LogP contribution in [-0.4, -0.2) is 47.2 Å². The Bertz CT molecular complexity index is 1110. The monoisotopic (exact) mass is 490 g/mol. The zero-order valence-electron chi connectivity index (χ0n) is 20.4. The van der Waals surface area contributed by atoms with Gasteiger partial charge >= 0.3 is 6.09 Å². The highest BCUT2D eigenvalue weighted by Gasteiger charge is 2.62. The van der Waals surface area contributed by atoms with Gasteiger partial charge in [-0.1, -0.05) is 26.0 Å². The number of benzene rings is 1. The molecule has 0 saturated heterocycles. The normalized spacial score (nSPS) is 24.7. The molecule has 34 heavy (non-hydrogen) atoms. The highest BCUT2D eigenvalue weighted by molar-refractivity contribution is 7.89. The lowest BCUT2D eigenvalue weighted by atomic mass is 10.0. The molecule has 8 nitrogen and oxygen atoms in total. The molecular formula is C25H34N2O6S. The number of sulfonamides is 1. The first-order valence-electron chi connectivity index (χ1n) is 11.9. The molecule has 1 unspecified atom stereocenters. The summed E-state index contributed by atoms with van der Waals surface area (Å²) in [4.78, 5) is 37.4. The first kappa shape index (κ1) is 24.7. The van der Waals surface area contributed by atoms with Crippen LogP contribution in [0.5, 0.6) is 0 Å². The van der Waals surface area contributed by atoms with Crippen molar-refractivity contribution in [2.24, 2.45) is 23.2 Å². The Kier molecular flexibility index (Phi) is 5.86. The van der Waals surface area contributed by atoms with Gasteiger partial charge in [0.05, 0.1) is 22.4 Å². The van der Waals surface area contributed by atoms with Crippen molar-refractivity contribution in [2.45, 2.75) is 82.7 Å². The highest BCUT2D eigenvalue weighted by atomic mass is 32.2. The van der Waals surface area contributed by atoms with Crippen LogP contribution in [0.2, 0.25) is 0 Å². The van der Waals surface area contributed by atoms with Crippen molar-refractivity contribution in [3.63, 3.8) is 0 Å². The van der Waals surface area contributed by atoms with Crippen molar-refractivity contribution in [1.29, 1.82) is 0 Å². The highest BCUT2D eigenvalue weighted by Crippen LogP contribution is 2.64. The van der Waals surface area contributed by atoms with Gasteiger partial charge in [-0.25, -0.2) is 13.2 Å². The molecule has 186 valence electrons. The van der Waals surface area contributed by atoms with Gasteiger partial charge in [-0.15, -0.1) is 0 Å². The van der Waals surface area contributed by atoms with Crippen LogP contribution in [0.1, 0.15) is 71.8 Å². The minimum Gasteiger partial charge on any atom is -0.464 e. The molecule has 2 amide bonds. The molecule has 4 rings (SSSR count). The molecule has 3 saturated carbocycles. The summed E-state index contributed by atoms with van der Waals surface area (Å²) in [6, 6.07) is 5.73. The Labute approximate surface area is 201 Å². The first-order valence-corrected chi connectivity index (χ1v) is 13.3. The Hall–Kier alpha value is -2.42. The van der Waals surface area contributed by atoms with Gasteiger partial charge in [-0.05, 0) is 75.5 Å². The number of amides is 2. The number of hydrogen-bond donors (Lipinski definition) is 2. The molecule has 0 aliphatic heterocycles. The molecule has 0 radical (unpaired) electrons. The number of rotatable bonds is 8. The topological polar surface area (TPSA) is 121 Å². The third-order valence-electron chi connectivity index (χ3n) is 7.35. The van der Waals surface area contributed by atoms with Gasteiger partial charge in [0.2, 0.25) is 5.91 Å². The van der Waals surface area contributed by atoms with Crippen LogP contribution < -0.4 is 5.32 Å². The molecule has 0 spiro atoms. The van der Waals surface area contributed by atoms with E-state index in [-0.39, 0.29) is 51.7 Å². The Balaban J connectivity index is 1.51. The van der Waals surface area contributed by atoms with E-state index in [1.54, 1.807) is 12.1 Å². The third-order valence-corrected chi connectivity index (χ3v) is 9.40. The van der Waals surface area contributed by atoms with E-state index in [1.165, 1.54) is 32.9 Å². The van der Waals surface area contributed by atoms with Crippen molar-refractivity contribution in [3.8, 4) is 0 Å². The average Bonchev–Trinajstić information content (AvgIpc) is 3.56. The van der Waals surface area contributed by atoms with Crippen LogP contribution >= 0.6 is 0 Å². The molecular weight excluding hydrogens is 456 g/mol. The molecule has 0 bridgehead atoms. The molecule has 3 aliphatic rings. The molecule has 9 heteroatoms. The average molecular weight is 491 g/mol. The molecule has 0 heterocycles. The Morgan fingerprint density at radius 2 is 1.62 bits per heavy atom. The number of Topliss-reactive ketones (excluding diaryl/α,β-unsaturated/α-hetero) is 1. The summed E-state index contributed by atoms with van der Waals surface area (Å²) in [7, 11) is -4.25. The molecule has 0 aromatic heterocycles. The molecule has 1 aromatic rings. The van der Waals surface area contributed by atoms with Crippen molar-refractivity contribution in [2.75, 3.05) is 0 Å². The van der Waals surface area contributed by atoms with E-state index in [0.29, 0.717) is 4.31 Å². The summed E-state index contributed by atoms with van der Waals surface area (Å²) in [5, 5.41) is 12.5. The summed E-state index contributed by atoms with van der Waals surface area (Å²) < 4.78 is 26.4. The Morgan fingerprint density at radius 3 is 2.06 bits per heavy atom. The van der Waals surface area contributed by atoms with E-state index in [1.807, 2.05) is 13.8 Å². The number of ketones is 1. The second-order valence-electron chi connectivity index (χ2n) is 11.6. The number of nitrogens with one attached hydrogen (secondary N) is 1. The number of carbonyl (C=O) groups excluding carboxylic acids is 2. The lowest BCUT2D eigenvalue weighted by molar-refractivity contribution is -0.130. The van der Waals surface area contributed by atoms with Crippen molar-refractivity contribution >= 4 is 27.8 Å². The summed E-state index contributed by atoms with van der Waals surface area (Å²) in [5.41, 5.74) is -0.654. The van der Waals surface area contributed by atoms with Gasteiger partial charge in [0.1, 0.15) is 0 Å². The van der Waals surface area contributed by atoms with Gasteiger partial charge in [-0.2, -0.15) is 4.31 Å². The molecule has 2 N–H and O–H groups in total. The minimum absolute atomic E-state index is 0.0990. The van der Waals surface area contributed by atoms with Crippen LogP contribution in [0.15, 0.2) is 29.2 Å². The summed E-state index contributed by atoms with van der Waals surface area (Å²) in [5.74, 6) is -0.0278. The molecule has 3 atom stereocenters. The summed E-state index contributed by atoms with van der Waals surface area (Å²) >= 11 is 0. The van der Waals surface area contributed by atoms with E-state index < -0.39 is 21.7 Å². The lowest BCUT2D eigenvalue weighted by Gasteiger charge is -2.31. The second-order valence-corrected chi connectivity index (χ2v) is 13.4. The maximum atomic E-state index is 13.2. The van der Waals surface area contributed by atoms with Crippen LogP contribution in [0.4, 0.5) is 4.79 Å². The largest absolute Gasteiger partial charge is 0.464 e. The fourth-order valence-electron chi connectivity index (χ4n) is 5.17. The van der Waals surface area contributed by atoms with Gasteiger partial charge in [-0.3, -0.25) is 9.59 Å². The summed E-state index contributed by atoms with van der Waals surface area (Å²) in [6.45, 7) is 8.55. The number of nitrogens with zero attached hydrogens (tertiary/aromatic N) is 1. The third kappa shape index (κ3) is 4.46. The number of carboxylic acid groups (broad SMARTS) is 1. The van der Waals surface area contributed by atoms with E-state index in [0.717, 1.165) is 31.2 Å². The van der Waals surface area contributed by atoms with E-state index in [2.05, 4.69) is 5.32 Å². The van der Waals surface area contributed by atoms with E-state index in [9.17, 15) is 27.9 Å². The molecule has 3 fully saturated rings. The van der Waals surface area contributed by atoms with Gasteiger partial charge < -0.3 is 10.4 Å². The second kappa shape index (κ2) is 8.07. The van der Waals surface area contributed by atoms with Crippen molar-refractivity contribution < 1.29 is 27.9 Å². The van der Waals surface area contributed by atoms with Gasteiger partial charge in [0, 0.05) is 11.8 Å². The zero-order valence-corrected chi connectivity index (χ0v) is 21.2. The van der Waals surface area contributed by atoms with Crippen molar-refractivity contribution in [1.82, 2.24) is 9.62 Å². The number of carbonyl (C=O) groups is 3. The fraction of sp³-hybridized carbons (Fsp3) is 0.640. The van der Waals surface area contributed by atoms with Crippen LogP contribution in [-0.2, 0) is 19.6 Å². The van der Waals surface area contributed by atoms with Crippen LogP contribution in [0.3, 0.4) is 0 Å². The standard InChI is InChI=1S/C25H34N2O6S/c1-24(2,3)27(23(30)31)34(32,33)17-12-10-14(11-13-17)18-19(25(18,4)5)22(29)26-20(15-6-7-15)21(28)16-8-9-16/h10-13,15-16,18-20H,6-9H2,1-5H3,(H,26,29)(H,30,31)/t18-,19+,20?/m1/s1. The first-order chi connectivity index (χ1) is 15.7. The predicted molar refractivity (Wildman–Crippen MR) is 126 cm³/mol. The lowest BCUT2D eigenvalue weighted by Crippen LogP contribution is -2.48. The maximum absolute atomic E-state index is 13.2.